The van der Waals surface area contributed by atoms with Gasteiger partial charge in [0, 0.05) is 25.1 Å². The Bertz CT molecular complexity index is 1590. The van der Waals surface area contributed by atoms with E-state index < -0.39 is 22.0 Å². The molecule has 3 aromatic rings. The summed E-state index contributed by atoms with van der Waals surface area (Å²) in [6, 6.07) is 11.9. The first kappa shape index (κ1) is 32.7. The zero-order chi connectivity index (χ0) is 30.3. The van der Waals surface area contributed by atoms with Gasteiger partial charge in [-0.15, -0.1) is 12.4 Å². The molecule has 0 bridgehead atoms. The van der Waals surface area contributed by atoms with Crippen LogP contribution in [0.25, 0.3) is 11.3 Å². The second-order valence-electron chi connectivity index (χ2n) is 11.9. The van der Waals surface area contributed by atoms with Gasteiger partial charge >= 0.3 is 5.97 Å². The van der Waals surface area contributed by atoms with Gasteiger partial charge in [0.15, 0.2) is 0 Å². The van der Waals surface area contributed by atoms with E-state index in [1.54, 1.807) is 6.07 Å². The van der Waals surface area contributed by atoms with E-state index in [2.05, 4.69) is 33.9 Å². The van der Waals surface area contributed by atoms with Crippen LogP contribution in [0.3, 0.4) is 0 Å². The number of rotatable bonds is 12. The molecule has 2 aliphatic rings. The first-order chi connectivity index (χ1) is 19.8. The van der Waals surface area contributed by atoms with Crippen LogP contribution in [0.5, 0.6) is 5.88 Å². The number of hydrogen-bond donors (Lipinski definition) is 3. The zero-order valence-electron chi connectivity index (χ0n) is 25.3. The Morgan fingerprint density at radius 2 is 1.77 bits per heavy atom. The van der Waals surface area contributed by atoms with Gasteiger partial charge in [-0.25, -0.2) is 22.9 Å². The van der Waals surface area contributed by atoms with Gasteiger partial charge in [0.2, 0.25) is 11.8 Å². The summed E-state index contributed by atoms with van der Waals surface area (Å²) >= 11 is 0. The molecule has 1 atom stereocenters. The summed E-state index contributed by atoms with van der Waals surface area (Å²) < 4.78 is 44.0. The van der Waals surface area contributed by atoms with Crippen molar-refractivity contribution in [1.82, 2.24) is 15.3 Å². The molecule has 0 amide bonds. The molecule has 5 rings (SSSR count). The van der Waals surface area contributed by atoms with E-state index in [4.69, 9.17) is 6.11 Å². The number of ether oxygens (including phenoxy) is 1. The fourth-order valence-electron chi connectivity index (χ4n) is 5.56. The molecule has 11 heteroatoms. The van der Waals surface area contributed by atoms with Crippen molar-refractivity contribution in [3.05, 3.63) is 65.2 Å². The van der Waals surface area contributed by atoms with Gasteiger partial charge < -0.3 is 15.2 Å². The number of carboxylic acid groups (broad SMARTS) is 1. The normalized spacial score (nSPS) is 17.1. The van der Waals surface area contributed by atoms with Gasteiger partial charge in [0.25, 0.3) is 10.0 Å². The standard InChI is InChI=1S/C31H38N4O5S.CH4.ClH/c1-19(2)13-23(32-24-16-31(17-24)11-12-31)18-40-27-15-26(28-20(3)7-5-8-21(28)4)33-30(34-27)35-41(38,39)25-10-6-9-22(14-25)29(36)37;;/h5-10,14-15,19,23-24,32H,11-13,16-18H2,1-4H3,(H,36,37)(H,33,34,35);1H4;1H/t23-;;/m1../s1/i24D;;. The Balaban J connectivity index is 0.00000264. The van der Waals surface area contributed by atoms with Crippen LogP contribution in [-0.4, -0.2) is 48.1 Å². The molecule has 0 radical (unpaired) electrons. The second kappa shape index (κ2) is 13.6. The van der Waals surface area contributed by atoms with Crippen LogP contribution in [0.15, 0.2) is 53.4 Å². The van der Waals surface area contributed by atoms with Gasteiger partial charge in [-0.3, -0.25) is 0 Å². The first-order valence-corrected chi connectivity index (χ1v) is 15.5. The Labute approximate surface area is 262 Å². The molecule has 0 saturated heterocycles. The third-order valence-electron chi connectivity index (χ3n) is 7.79. The highest BCUT2D eigenvalue weighted by atomic mass is 35.5. The van der Waals surface area contributed by atoms with Crippen molar-refractivity contribution in [2.24, 2.45) is 11.3 Å². The Kier molecular flexibility index (Phi) is 10.4. The molecule has 0 unspecified atom stereocenters. The van der Waals surface area contributed by atoms with Gasteiger partial charge in [0.05, 0.1) is 16.2 Å². The van der Waals surface area contributed by atoms with E-state index >= 15 is 0 Å². The van der Waals surface area contributed by atoms with E-state index in [9.17, 15) is 18.3 Å². The minimum atomic E-state index is -4.21. The lowest BCUT2D eigenvalue weighted by atomic mass is 9.76. The molecule has 0 aliphatic heterocycles. The number of carboxylic acids is 1. The van der Waals surface area contributed by atoms with Gasteiger partial charge in [0.1, 0.15) is 6.61 Å². The van der Waals surface area contributed by atoms with E-state index in [0.29, 0.717) is 17.0 Å². The maximum atomic E-state index is 13.3. The number of aromatic nitrogens is 2. The summed E-state index contributed by atoms with van der Waals surface area (Å²) in [6.07, 6.45) is 4.94. The monoisotopic (exact) mass is 631 g/mol. The van der Waals surface area contributed by atoms with Gasteiger partial charge in [-0.2, -0.15) is 4.98 Å². The van der Waals surface area contributed by atoms with Gasteiger partial charge in [-0.1, -0.05) is 45.5 Å². The predicted octanol–water partition coefficient (Wildman–Crippen LogP) is 6.64. The fourth-order valence-corrected chi connectivity index (χ4v) is 6.55. The molecule has 43 heavy (non-hydrogen) atoms. The van der Waals surface area contributed by atoms with Crippen molar-refractivity contribution in [2.75, 3.05) is 11.3 Å². The smallest absolute Gasteiger partial charge is 0.335 e. The number of halogens is 1. The number of hydrogen-bond acceptors (Lipinski definition) is 7. The largest absolute Gasteiger partial charge is 0.478 e. The lowest BCUT2D eigenvalue weighted by molar-refractivity contribution is 0.0696. The van der Waals surface area contributed by atoms with Crippen molar-refractivity contribution >= 4 is 34.3 Å². The van der Waals surface area contributed by atoms with Crippen molar-refractivity contribution in [2.45, 2.75) is 84.2 Å². The number of nitrogens with zero attached hydrogens (tertiary/aromatic N) is 2. The number of sulfonamides is 1. The predicted molar refractivity (Wildman–Crippen MR) is 172 cm³/mol. The fraction of sp³-hybridized carbons (Fsp3) is 0.469. The van der Waals surface area contributed by atoms with Crippen LogP contribution in [0.4, 0.5) is 5.95 Å². The van der Waals surface area contributed by atoms with Crippen LogP contribution in [-0.2, 0) is 10.0 Å². The number of aryl methyl sites for hydroxylation is 2. The maximum Gasteiger partial charge on any atom is 0.335 e. The van der Waals surface area contributed by atoms with E-state index in [1.165, 1.54) is 31.0 Å². The number of aromatic carboxylic acids is 1. The van der Waals surface area contributed by atoms with Crippen LogP contribution in [0.2, 0.25) is 0 Å². The Hall–Kier alpha value is -3.21. The van der Waals surface area contributed by atoms with Crippen molar-refractivity contribution in [1.29, 1.82) is 0 Å². The molecule has 234 valence electrons. The second-order valence-corrected chi connectivity index (χ2v) is 13.5. The summed E-state index contributed by atoms with van der Waals surface area (Å²) in [5.74, 6) is -0.846. The summed E-state index contributed by atoms with van der Waals surface area (Å²) in [5.41, 5.74) is 3.47. The van der Waals surface area contributed by atoms with Crippen LogP contribution < -0.4 is 14.8 Å². The number of carbonyl (C=O) groups is 1. The average Bonchev–Trinajstić information content (AvgIpc) is 3.66. The topological polar surface area (TPSA) is 131 Å². The van der Waals surface area contributed by atoms with Crippen LogP contribution in [0, 0.1) is 25.2 Å². The molecule has 2 aromatic carbocycles. The molecule has 9 nitrogen and oxygen atoms in total. The van der Waals surface area contributed by atoms with Crippen molar-refractivity contribution < 1.29 is 24.4 Å². The molecule has 2 aliphatic carbocycles. The lowest BCUT2D eigenvalue weighted by Crippen LogP contribution is -2.49. The average molecular weight is 632 g/mol. The molecule has 2 saturated carbocycles. The summed E-state index contributed by atoms with van der Waals surface area (Å²) in [6.45, 7) is 8.41. The highest BCUT2D eigenvalue weighted by molar-refractivity contribution is 7.92. The van der Waals surface area contributed by atoms with E-state index in [1.807, 2.05) is 32.0 Å². The molecule has 1 spiro atoms. The van der Waals surface area contributed by atoms with E-state index in [-0.39, 0.29) is 54.8 Å². The minimum Gasteiger partial charge on any atom is -0.478 e. The van der Waals surface area contributed by atoms with Crippen molar-refractivity contribution in [3.8, 4) is 17.1 Å². The third kappa shape index (κ3) is 8.25. The SMILES string of the molecule is C.Cl.[2H]C1(N[C@@H](COc2cc(-c3c(C)cccc3C)nc(NS(=O)(=O)c3cccc(C(=O)O)c3)n2)CC(C)C)CC2(CC2)C1. The molecular weight excluding hydrogens is 588 g/mol. The van der Waals surface area contributed by atoms with E-state index in [0.717, 1.165) is 42.0 Å². The summed E-state index contributed by atoms with van der Waals surface area (Å²) in [7, 11) is -4.21. The summed E-state index contributed by atoms with van der Waals surface area (Å²) in [4.78, 5) is 20.1. The number of anilines is 1. The molecule has 3 N–H and O–H groups in total. The van der Waals surface area contributed by atoms with Crippen LogP contribution in [0.1, 0.15) is 76.2 Å². The first-order valence-electron chi connectivity index (χ1n) is 14.5. The Morgan fingerprint density at radius 3 is 2.37 bits per heavy atom. The van der Waals surface area contributed by atoms with Gasteiger partial charge in [-0.05, 0) is 86.6 Å². The highest BCUT2D eigenvalue weighted by Crippen LogP contribution is 2.60. The summed E-state index contributed by atoms with van der Waals surface area (Å²) in [5, 5.41) is 12.8. The minimum absolute atomic E-state index is 0. The zero-order valence-corrected chi connectivity index (χ0v) is 25.9. The molecule has 1 aromatic heterocycles. The number of nitrogens with one attached hydrogen (secondary N) is 2. The highest BCUT2D eigenvalue weighted by Gasteiger charge is 2.53. The maximum absolute atomic E-state index is 13.3. The lowest BCUT2D eigenvalue weighted by Gasteiger charge is -2.39. The van der Waals surface area contributed by atoms with Crippen LogP contribution >= 0.6 is 12.4 Å². The molecule has 1 heterocycles. The third-order valence-corrected chi connectivity index (χ3v) is 9.11. The Morgan fingerprint density at radius 1 is 1.12 bits per heavy atom. The van der Waals surface area contributed by atoms with Crippen molar-refractivity contribution in [3.63, 3.8) is 0 Å². The quantitative estimate of drug-likeness (QED) is 0.203. The number of benzene rings is 2. The molecule has 2 fully saturated rings. The molecular formula is C32H43ClN4O5S.